The molecule has 3 heteroatoms. The van der Waals surface area contributed by atoms with Gasteiger partial charge >= 0.3 is 0 Å². The highest BCUT2D eigenvalue weighted by Crippen LogP contribution is 2.49. The highest BCUT2D eigenvalue weighted by molar-refractivity contribution is 6.31. The van der Waals surface area contributed by atoms with E-state index >= 15 is 0 Å². The number of hydrogen-bond donors (Lipinski definition) is 0. The maximum absolute atomic E-state index is 6.42. The molecule has 80 valence electrons. The Kier molecular flexibility index (Phi) is 2.33. The second-order valence-electron chi connectivity index (χ2n) is 4.32. The van der Waals surface area contributed by atoms with Gasteiger partial charge in [0.1, 0.15) is 5.75 Å². The Morgan fingerprint density at radius 3 is 2.87 bits per heavy atom. The van der Waals surface area contributed by atoms with Gasteiger partial charge in [-0.25, -0.2) is 0 Å². The van der Waals surface area contributed by atoms with Gasteiger partial charge in [-0.3, -0.25) is 0 Å². The van der Waals surface area contributed by atoms with Crippen LogP contribution in [0.15, 0.2) is 12.1 Å². The van der Waals surface area contributed by atoms with Crippen molar-refractivity contribution in [3.8, 4) is 5.75 Å². The van der Waals surface area contributed by atoms with Gasteiger partial charge in [-0.1, -0.05) is 11.6 Å². The summed E-state index contributed by atoms with van der Waals surface area (Å²) in [6.45, 7) is 0.761. The normalized spacial score (nSPS) is 20.9. The first-order valence-corrected chi connectivity index (χ1v) is 6.16. The molecule has 0 bridgehead atoms. The summed E-state index contributed by atoms with van der Waals surface area (Å²) < 4.78 is 5.64. The monoisotopic (exact) mass is 242 g/mol. The molecule has 0 radical (unpaired) electrons. The van der Waals surface area contributed by atoms with Gasteiger partial charge in [0.2, 0.25) is 0 Å². The van der Waals surface area contributed by atoms with E-state index in [1.54, 1.807) is 0 Å². The predicted molar refractivity (Wildman–Crippen MR) is 62.0 cm³/mol. The molecule has 0 N–H and O–H groups in total. The molecule has 1 nitrogen and oxygen atoms in total. The summed E-state index contributed by atoms with van der Waals surface area (Å²) in [4.78, 5) is 0. The fraction of sp³-hybridized carbons (Fsp3) is 0.500. The Labute approximate surface area is 99.3 Å². The molecule has 1 atom stereocenters. The summed E-state index contributed by atoms with van der Waals surface area (Å²) in [5, 5.41) is 0.858. The van der Waals surface area contributed by atoms with Crippen LogP contribution in [0, 0.1) is 5.92 Å². The average Bonchev–Trinajstić information content (AvgIpc) is 2.96. The zero-order chi connectivity index (χ0) is 10.4. The van der Waals surface area contributed by atoms with Crippen molar-refractivity contribution in [2.24, 2.45) is 5.92 Å². The zero-order valence-corrected chi connectivity index (χ0v) is 9.81. The lowest BCUT2D eigenvalue weighted by molar-refractivity contribution is 0.352. The van der Waals surface area contributed by atoms with Gasteiger partial charge in [-0.15, -0.1) is 11.6 Å². The molecule has 15 heavy (non-hydrogen) atoms. The van der Waals surface area contributed by atoms with Gasteiger partial charge in [0.15, 0.2) is 0 Å². The quantitative estimate of drug-likeness (QED) is 0.714. The summed E-state index contributed by atoms with van der Waals surface area (Å²) in [6.07, 6.45) is 3.42. The largest absolute Gasteiger partial charge is 0.493 e. The lowest BCUT2D eigenvalue weighted by Crippen LogP contribution is -1.97. The van der Waals surface area contributed by atoms with E-state index < -0.39 is 0 Å². The van der Waals surface area contributed by atoms with Crippen LogP contribution in [0.25, 0.3) is 0 Å². The van der Waals surface area contributed by atoms with E-state index in [0.717, 1.165) is 29.4 Å². The van der Waals surface area contributed by atoms with Crippen molar-refractivity contribution in [1.29, 1.82) is 0 Å². The third kappa shape index (κ3) is 1.72. The van der Waals surface area contributed by atoms with Crippen molar-refractivity contribution in [1.82, 2.24) is 0 Å². The van der Waals surface area contributed by atoms with E-state index in [4.69, 9.17) is 27.9 Å². The van der Waals surface area contributed by atoms with Gasteiger partial charge in [0.25, 0.3) is 0 Å². The highest BCUT2D eigenvalue weighted by Gasteiger charge is 2.34. The molecule has 1 unspecified atom stereocenters. The fourth-order valence-corrected chi connectivity index (χ4v) is 2.81. The second-order valence-corrected chi connectivity index (χ2v) is 5.23. The zero-order valence-electron chi connectivity index (χ0n) is 8.30. The molecule has 0 spiro atoms. The molecular weight excluding hydrogens is 231 g/mol. The van der Waals surface area contributed by atoms with Crippen LogP contribution in [0.3, 0.4) is 0 Å². The van der Waals surface area contributed by atoms with Crippen LogP contribution >= 0.6 is 23.2 Å². The first-order chi connectivity index (χ1) is 7.25. The van der Waals surface area contributed by atoms with Crippen LogP contribution in [0.4, 0.5) is 0 Å². The summed E-state index contributed by atoms with van der Waals surface area (Å²) in [5.74, 6) is 1.62. The van der Waals surface area contributed by atoms with Crippen LogP contribution in [0.1, 0.15) is 29.3 Å². The molecular formula is C12H12Cl2O. The third-order valence-electron chi connectivity index (χ3n) is 3.11. The van der Waals surface area contributed by atoms with Crippen molar-refractivity contribution >= 4 is 23.2 Å². The first kappa shape index (κ1) is 9.80. The van der Waals surface area contributed by atoms with Crippen molar-refractivity contribution in [3.63, 3.8) is 0 Å². The van der Waals surface area contributed by atoms with Crippen LogP contribution in [-0.4, -0.2) is 6.61 Å². The van der Waals surface area contributed by atoms with Crippen LogP contribution < -0.4 is 4.74 Å². The Morgan fingerprint density at radius 2 is 2.13 bits per heavy atom. The van der Waals surface area contributed by atoms with Gasteiger partial charge < -0.3 is 4.74 Å². The Hall–Kier alpha value is -0.400. The summed E-state index contributed by atoms with van der Waals surface area (Å²) in [7, 11) is 0. The van der Waals surface area contributed by atoms with E-state index in [1.165, 1.54) is 18.4 Å². The van der Waals surface area contributed by atoms with Crippen LogP contribution in [0.2, 0.25) is 5.02 Å². The Morgan fingerprint density at radius 1 is 1.33 bits per heavy atom. The van der Waals surface area contributed by atoms with E-state index in [9.17, 15) is 0 Å². The maximum Gasteiger partial charge on any atom is 0.127 e. The minimum Gasteiger partial charge on any atom is -0.493 e. The topological polar surface area (TPSA) is 9.23 Å². The summed E-state index contributed by atoms with van der Waals surface area (Å²) >= 11 is 12.5. The highest BCUT2D eigenvalue weighted by atomic mass is 35.5. The van der Waals surface area contributed by atoms with Gasteiger partial charge in [-0.2, -0.15) is 0 Å². The molecule has 2 aliphatic rings. The molecule has 1 heterocycles. The molecule has 1 aromatic carbocycles. The molecule has 1 aliphatic heterocycles. The number of fused-ring (bicyclic) bond motifs is 1. The lowest BCUT2D eigenvalue weighted by atomic mass is 10.0. The smallest absolute Gasteiger partial charge is 0.127 e. The minimum absolute atomic E-state index is 0.0792. The molecule has 0 amide bonds. The number of ether oxygens (including phenoxy) is 1. The van der Waals surface area contributed by atoms with Gasteiger partial charge in [0.05, 0.1) is 12.0 Å². The van der Waals surface area contributed by atoms with Crippen molar-refractivity contribution in [3.05, 3.63) is 28.3 Å². The molecule has 1 aliphatic carbocycles. The van der Waals surface area contributed by atoms with Crippen molar-refractivity contribution in [2.75, 3.05) is 6.61 Å². The molecule has 1 saturated carbocycles. The molecule has 0 saturated heterocycles. The molecule has 1 fully saturated rings. The third-order valence-corrected chi connectivity index (χ3v) is 3.92. The standard InChI is InChI=1S/C12H12Cl2O/c13-9-5-8-3-4-15-12(8)10(6-9)11(14)7-1-2-7/h5-7,11H,1-4H2. The fourth-order valence-electron chi connectivity index (χ4n) is 2.15. The SMILES string of the molecule is Clc1cc2c(c(C(Cl)C3CC3)c1)OCC2. The maximum atomic E-state index is 6.42. The molecule has 3 rings (SSSR count). The van der Waals surface area contributed by atoms with Gasteiger partial charge in [-0.05, 0) is 36.5 Å². The van der Waals surface area contributed by atoms with Crippen molar-refractivity contribution in [2.45, 2.75) is 24.6 Å². The summed E-state index contributed by atoms with van der Waals surface area (Å²) in [6, 6.07) is 3.95. The van der Waals surface area contributed by atoms with Crippen LogP contribution in [0.5, 0.6) is 5.75 Å². The average molecular weight is 243 g/mol. The van der Waals surface area contributed by atoms with Crippen LogP contribution in [-0.2, 0) is 6.42 Å². The van der Waals surface area contributed by atoms with E-state index in [1.807, 2.05) is 12.1 Å². The molecule has 1 aromatic rings. The lowest BCUT2D eigenvalue weighted by Gasteiger charge is -2.13. The first-order valence-electron chi connectivity index (χ1n) is 5.35. The van der Waals surface area contributed by atoms with E-state index in [0.29, 0.717) is 5.92 Å². The minimum atomic E-state index is 0.0792. The van der Waals surface area contributed by atoms with Gasteiger partial charge in [0, 0.05) is 17.0 Å². The van der Waals surface area contributed by atoms with E-state index in [-0.39, 0.29) is 5.38 Å². The summed E-state index contributed by atoms with van der Waals surface area (Å²) in [5.41, 5.74) is 2.31. The Balaban J connectivity index is 2.05. The number of hydrogen-bond acceptors (Lipinski definition) is 1. The molecule has 0 aromatic heterocycles. The predicted octanol–water partition coefficient (Wildman–Crippen LogP) is 3.96. The Bertz CT molecular complexity index is 399. The number of benzene rings is 1. The second kappa shape index (κ2) is 3.57. The number of rotatable bonds is 2. The van der Waals surface area contributed by atoms with Crippen molar-refractivity contribution < 1.29 is 4.74 Å². The van der Waals surface area contributed by atoms with E-state index in [2.05, 4.69) is 0 Å². The number of alkyl halides is 1. The number of halogens is 2.